The number of terminal acetylenes is 1. The largest absolute Gasteiger partial charge is 0.508 e. The number of benzene rings is 3. The van der Waals surface area contributed by atoms with Crippen molar-refractivity contribution in [3.05, 3.63) is 77.1 Å². The smallest absolute Gasteiger partial charge is 0.319 e. The number of rotatable bonds is 15. The first-order valence-corrected chi connectivity index (χ1v) is 26.0. The number of anilines is 1. The molecule has 3 unspecified atom stereocenters. The number of hydrogen-bond acceptors (Lipinski definition) is 14. The summed E-state index contributed by atoms with van der Waals surface area (Å²) in [7, 11) is 5.65. The number of hydrogen-bond donors (Lipinski definition) is 3. The Bertz CT molecular complexity index is 3110. The summed E-state index contributed by atoms with van der Waals surface area (Å²) in [6, 6.07) is 12.7. The van der Waals surface area contributed by atoms with Crippen LogP contribution in [0.5, 0.6) is 11.8 Å². The molecular weight excluding hydrogens is 945 g/mol. The average Bonchev–Trinajstić information content (AvgIpc) is 3.99. The summed E-state index contributed by atoms with van der Waals surface area (Å²) in [5.41, 5.74) is 3.20. The van der Waals surface area contributed by atoms with E-state index in [4.69, 9.17) is 16.1 Å². The molecule has 3 aromatic heterocycles. The molecule has 7 heterocycles. The number of amides is 1. The summed E-state index contributed by atoms with van der Waals surface area (Å²) in [5, 5.41) is 23.7. The molecule has 18 heteroatoms. The van der Waals surface area contributed by atoms with Crippen molar-refractivity contribution >= 4 is 56.9 Å². The monoisotopic (exact) mass is 1010 g/mol. The predicted molar refractivity (Wildman–Crippen MR) is 280 cm³/mol. The van der Waals surface area contributed by atoms with Crippen molar-refractivity contribution in [2.24, 2.45) is 12.5 Å². The molecule has 388 valence electrons. The molecule has 74 heavy (non-hydrogen) atoms. The molecule has 4 saturated heterocycles. The second-order valence-corrected chi connectivity index (χ2v) is 21.0. The van der Waals surface area contributed by atoms with Crippen molar-refractivity contribution < 1.29 is 33.0 Å². The fourth-order valence-electron chi connectivity index (χ4n) is 11.6. The molecule has 0 spiro atoms. The number of nitrogens with one attached hydrogen (secondary N) is 2. The Hall–Kier alpha value is -6.65. The number of nitrogens with zero attached hydrogens (tertiary/aromatic N) is 9. The van der Waals surface area contributed by atoms with Crippen molar-refractivity contribution in [3.8, 4) is 35.4 Å². The number of phenolic OH excluding ortho intramolecular Hbond substituents is 1. The first-order chi connectivity index (χ1) is 35.9. The second-order valence-electron chi connectivity index (χ2n) is 21.0. The lowest BCUT2D eigenvalue weighted by Crippen LogP contribution is -2.51. The number of ether oxygens (including phenoxy) is 1. The van der Waals surface area contributed by atoms with Crippen molar-refractivity contribution in [2.45, 2.75) is 75.3 Å². The number of aromatic nitrogens is 5. The average molecular weight is 1010 g/mol. The van der Waals surface area contributed by atoms with Gasteiger partial charge in [-0.15, -0.1) is 6.42 Å². The molecule has 0 radical (unpaired) electrons. The zero-order chi connectivity index (χ0) is 51.7. The van der Waals surface area contributed by atoms with Crippen molar-refractivity contribution in [2.75, 3.05) is 91.0 Å². The van der Waals surface area contributed by atoms with Crippen LogP contribution >= 0.6 is 0 Å². The molecule has 1 amide bonds. The summed E-state index contributed by atoms with van der Waals surface area (Å²) in [5.74, 6) is 1.48. The maximum absolute atomic E-state index is 16.8. The Morgan fingerprint density at radius 2 is 1.72 bits per heavy atom. The third-order valence-electron chi connectivity index (χ3n) is 16.0. The number of fused-ring (bicyclic) bond motifs is 5. The van der Waals surface area contributed by atoms with E-state index < -0.39 is 17.6 Å². The fourth-order valence-corrected chi connectivity index (χ4v) is 11.6. The molecule has 1 saturated carbocycles. The minimum Gasteiger partial charge on any atom is -0.508 e. The van der Waals surface area contributed by atoms with E-state index in [1.165, 1.54) is 29.8 Å². The van der Waals surface area contributed by atoms with Crippen molar-refractivity contribution in [1.29, 1.82) is 0 Å². The van der Waals surface area contributed by atoms with Gasteiger partial charge in [0.05, 0.1) is 41.2 Å². The van der Waals surface area contributed by atoms with E-state index in [9.17, 15) is 23.9 Å². The third-order valence-corrected chi connectivity index (χ3v) is 16.0. The van der Waals surface area contributed by atoms with E-state index in [1.54, 1.807) is 13.2 Å². The number of carbonyl (C=O) groups is 3. The molecular formula is C56H65F2N11O5. The number of halogens is 2. The van der Waals surface area contributed by atoms with Crippen LogP contribution in [0.1, 0.15) is 80.0 Å². The Balaban J connectivity index is 0.000000192. The standard InChI is InChI=1S/C35H37F2N7O2.C21H28N4O3/c1-3-25-28(36)7-4-21-14-24(45)15-26(29(21)25)31-30(37)32-27(16-38-31)33(44-17-22-5-6-23(18-44)39-22)41-34(40-32)46-20-35(8-9-35)19-43-12-10-42(2)11-13-43;1-22-21(28)18(4-3-12-26)20-17-6-5-16(14-19(17)24(2)23-20)15-7-9-25(10-8-15)11-13-27/h1,4,7,14-16,22-23,39,45H,5-6,8-13,17-20H2,2H3;5-6,12-15,18H,3-4,7-11H2,1-2H3,(H,22,28). The maximum Gasteiger partial charge on any atom is 0.319 e. The summed E-state index contributed by atoms with van der Waals surface area (Å²) in [4.78, 5) is 57.1. The Kier molecular flexibility index (Phi) is 14.9. The lowest BCUT2D eigenvalue weighted by molar-refractivity contribution is -0.122. The molecule has 2 bridgehead atoms. The van der Waals surface area contributed by atoms with E-state index >= 15 is 4.39 Å². The van der Waals surface area contributed by atoms with Crippen LogP contribution in [0.3, 0.4) is 0 Å². The van der Waals surface area contributed by atoms with Crippen LogP contribution < -0.4 is 20.3 Å². The van der Waals surface area contributed by atoms with Gasteiger partial charge in [0.1, 0.15) is 41.2 Å². The quantitative estimate of drug-likeness (QED) is 0.0818. The van der Waals surface area contributed by atoms with Crippen LogP contribution in [0.15, 0.2) is 48.7 Å². The Labute approximate surface area is 429 Å². The Morgan fingerprint density at radius 3 is 2.41 bits per heavy atom. The van der Waals surface area contributed by atoms with E-state index in [1.807, 2.05) is 11.7 Å². The number of carbonyl (C=O) groups excluding carboxylic acids is 3. The minimum absolute atomic E-state index is 0.0208. The van der Waals surface area contributed by atoms with Gasteiger partial charge in [0, 0.05) is 106 Å². The molecule has 11 rings (SSSR count). The van der Waals surface area contributed by atoms with Crippen LogP contribution in [-0.4, -0.2) is 161 Å². The van der Waals surface area contributed by atoms with Gasteiger partial charge in [-0.25, -0.2) is 8.78 Å². The molecule has 5 fully saturated rings. The molecule has 1 aliphatic carbocycles. The summed E-state index contributed by atoms with van der Waals surface area (Å²) < 4.78 is 39.8. The van der Waals surface area contributed by atoms with Gasteiger partial charge in [-0.2, -0.15) is 15.1 Å². The lowest BCUT2D eigenvalue weighted by atomic mass is 9.88. The van der Waals surface area contributed by atoms with E-state index in [-0.39, 0.29) is 45.4 Å². The van der Waals surface area contributed by atoms with Gasteiger partial charge in [-0.05, 0) is 106 Å². The number of phenols is 1. The minimum atomic E-state index is -0.707. The van der Waals surface area contributed by atoms with E-state index in [2.05, 4.69) is 76.5 Å². The van der Waals surface area contributed by atoms with E-state index in [0.717, 1.165) is 127 Å². The molecule has 5 aliphatic rings. The normalized spacial score (nSPS) is 20.5. The third kappa shape index (κ3) is 10.5. The van der Waals surface area contributed by atoms with Gasteiger partial charge in [-0.1, -0.05) is 24.1 Å². The summed E-state index contributed by atoms with van der Waals surface area (Å²) in [6.45, 7) is 9.46. The first-order valence-electron chi connectivity index (χ1n) is 26.0. The predicted octanol–water partition coefficient (Wildman–Crippen LogP) is 5.92. The molecule has 6 aromatic rings. The number of aldehydes is 2. The zero-order valence-corrected chi connectivity index (χ0v) is 42.5. The van der Waals surface area contributed by atoms with Crippen LogP contribution in [0.2, 0.25) is 0 Å². The van der Waals surface area contributed by atoms with Gasteiger partial charge in [0.15, 0.2) is 5.82 Å². The van der Waals surface area contributed by atoms with Crippen LogP contribution in [0, 0.1) is 29.4 Å². The highest BCUT2D eigenvalue weighted by Gasteiger charge is 2.45. The Morgan fingerprint density at radius 1 is 0.959 bits per heavy atom. The lowest BCUT2D eigenvalue weighted by Gasteiger charge is -2.35. The number of aromatic hydroxyl groups is 1. The SMILES string of the molecule is C#Cc1c(F)ccc2cc(O)cc(-c3ncc4c(N5CC6CCC(C5)N6)nc(OCC5(CN6CCN(C)CC6)CC5)nc4c3F)c12.CNC(=O)C(CCC=O)c1nn(C)c2cc(C3CCN(CC=O)CC3)ccc12. The highest BCUT2D eigenvalue weighted by atomic mass is 19.1. The number of piperidine rings is 1. The van der Waals surface area contributed by atoms with Crippen molar-refractivity contribution in [1.82, 2.24) is 50.1 Å². The van der Waals surface area contributed by atoms with Crippen LogP contribution in [-0.2, 0) is 21.4 Å². The van der Waals surface area contributed by atoms with Crippen LogP contribution in [0.4, 0.5) is 14.6 Å². The first kappa shape index (κ1) is 50.9. The molecule has 4 aliphatic heterocycles. The van der Waals surface area contributed by atoms with Crippen LogP contribution in [0.25, 0.3) is 43.8 Å². The number of aryl methyl sites for hydroxylation is 1. The summed E-state index contributed by atoms with van der Waals surface area (Å²) >= 11 is 0. The molecule has 16 nitrogen and oxygen atoms in total. The number of likely N-dealkylation sites (N-methyl/N-ethyl adjacent to an activating group) is 2. The highest BCUT2D eigenvalue weighted by molar-refractivity contribution is 6.03. The topological polar surface area (TPSA) is 174 Å². The number of piperazine rings is 2. The van der Waals surface area contributed by atoms with Crippen molar-refractivity contribution in [3.63, 3.8) is 0 Å². The maximum atomic E-state index is 16.8. The molecule has 3 N–H and O–H groups in total. The zero-order valence-electron chi connectivity index (χ0n) is 42.5. The molecule has 3 aromatic carbocycles. The van der Waals surface area contributed by atoms with Gasteiger partial charge < -0.3 is 44.8 Å². The fraction of sp³-hybridized carbons (Fsp3) is 0.482. The number of pyridine rings is 1. The summed E-state index contributed by atoms with van der Waals surface area (Å²) in [6.07, 6.45) is 16.2. The second kappa shape index (κ2) is 21.7. The van der Waals surface area contributed by atoms with Gasteiger partial charge >= 0.3 is 6.01 Å². The van der Waals surface area contributed by atoms with Gasteiger partial charge in [0.2, 0.25) is 5.91 Å². The molecule has 3 atom stereocenters. The van der Waals surface area contributed by atoms with Gasteiger partial charge in [-0.3, -0.25) is 19.4 Å². The van der Waals surface area contributed by atoms with Gasteiger partial charge in [0.25, 0.3) is 0 Å². The number of likely N-dealkylation sites (tertiary alicyclic amines) is 1. The van der Waals surface area contributed by atoms with E-state index in [0.29, 0.717) is 66.0 Å². The highest BCUT2D eigenvalue weighted by Crippen LogP contribution is 2.47.